The average Bonchev–Trinajstić information content (AvgIpc) is 3.26. The van der Waals surface area contributed by atoms with Crippen molar-refractivity contribution in [2.45, 2.75) is 19.9 Å². The maximum Gasteiger partial charge on any atom is 0.338 e. The van der Waals surface area contributed by atoms with Crippen LogP contribution in [0.2, 0.25) is 0 Å². The molecular formula is C30H29BrN2O7S. The highest BCUT2D eigenvalue weighted by atomic mass is 79.9. The van der Waals surface area contributed by atoms with Crippen LogP contribution in [-0.2, 0) is 14.3 Å². The molecule has 4 rings (SSSR count). The summed E-state index contributed by atoms with van der Waals surface area (Å²) in [5, 5.41) is 0. The average molecular weight is 642 g/mol. The molecule has 0 fully saturated rings. The molecule has 1 aliphatic heterocycles. The van der Waals surface area contributed by atoms with Crippen molar-refractivity contribution in [2.75, 3.05) is 40.6 Å². The Morgan fingerprint density at radius 2 is 2.00 bits per heavy atom. The molecule has 0 saturated heterocycles. The zero-order chi connectivity index (χ0) is 29.5. The van der Waals surface area contributed by atoms with Crippen molar-refractivity contribution in [1.82, 2.24) is 4.57 Å². The van der Waals surface area contributed by atoms with Crippen LogP contribution in [0.4, 0.5) is 0 Å². The third kappa shape index (κ3) is 6.40. The maximum absolute atomic E-state index is 14.1. The van der Waals surface area contributed by atoms with E-state index in [0.717, 1.165) is 4.47 Å². The van der Waals surface area contributed by atoms with E-state index in [-0.39, 0.29) is 31.0 Å². The molecule has 41 heavy (non-hydrogen) atoms. The van der Waals surface area contributed by atoms with Gasteiger partial charge in [-0.3, -0.25) is 9.36 Å². The monoisotopic (exact) mass is 640 g/mol. The standard InChI is InChI=1S/C30H29BrN2O7S/c1-6-13-39-22-12-11-20(31)16-19(22)17-24-28(34)33-26(21-9-8-10-23(37-5)27(21)38-7-2)25(18(3)32-30(33)41-24)29(35)40-15-14-36-4/h1,8-12,16-17,26H,7,13-15H2,2-5H3/b24-17+/t26-/m0/s1. The number of halogens is 1. The second-order valence-electron chi connectivity index (χ2n) is 8.70. The Hall–Kier alpha value is -3.85. The van der Waals surface area contributed by atoms with Crippen LogP contribution in [0.5, 0.6) is 17.2 Å². The van der Waals surface area contributed by atoms with Crippen LogP contribution >= 0.6 is 27.3 Å². The van der Waals surface area contributed by atoms with E-state index in [2.05, 4.69) is 26.8 Å². The van der Waals surface area contributed by atoms with Gasteiger partial charge in [0.05, 0.1) is 36.1 Å². The van der Waals surface area contributed by atoms with Crippen LogP contribution in [0.1, 0.15) is 31.0 Å². The molecule has 0 spiro atoms. The number of carbonyl (C=O) groups is 1. The molecule has 9 nitrogen and oxygen atoms in total. The second kappa shape index (κ2) is 13.7. The van der Waals surface area contributed by atoms with Gasteiger partial charge in [0, 0.05) is 22.7 Å². The minimum atomic E-state index is -0.889. The van der Waals surface area contributed by atoms with Gasteiger partial charge in [0.15, 0.2) is 16.3 Å². The molecule has 0 unspecified atom stereocenters. The van der Waals surface area contributed by atoms with Crippen LogP contribution < -0.4 is 29.1 Å². The van der Waals surface area contributed by atoms with E-state index >= 15 is 0 Å². The molecule has 1 aromatic heterocycles. The molecule has 1 aliphatic rings. The Kier molecular flexibility index (Phi) is 10.0. The first-order valence-electron chi connectivity index (χ1n) is 12.7. The highest BCUT2D eigenvalue weighted by Crippen LogP contribution is 2.40. The van der Waals surface area contributed by atoms with Crippen LogP contribution in [0, 0.1) is 12.3 Å². The number of rotatable bonds is 11. The highest BCUT2D eigenvalue weighted by Gasteiger charge is 2.36. The molecule has 0 bridgehead atoms. The van der Waals surface area contributed by atoms with Gasteiger partial charge in [-0.25, -0.2) is 9.79 Å². The van der Waals surface area contributed by atoms with Crippen molar-refractivity contribution in [3.8, 4) is 29.6 Å². The van der Waals surface area contributed by atoms with Gasteiger partial charge >= 0.3 is 5.97 Å². The highest BCUT2D eigenvalue weighted by molar-refractivity contribution is 9.10. The Morgan fingerprint density at radius 3 is 2.71 bits per heavy atom. The fraction of sp³-hybridized carbons (Fsp3) is 0.300. The van der Waals surface area contributed by atoms with E-state index < -0.39 is 12.0 Å². The number of aromatic nitrogens is 1. The van der Waals surface area contributed by atoms with Crippen molar-refractivity contribution in [2.24, 2.45) is 4.99 Å². The van der Waals surface area contributed by atoms with Gasteiger partial charge < -0.3 is 23.7 Å². The molecule has 214 valence electrons. The number of para-hydroxylation sites is 1. The van der Waals surface area contributed by atoms with Crippen molar-refractivity contribution >= 4 is 39.3 Å². The minimum absolute atomic E-state index is 0.0446. The summed E-state index contributed by atoms with van der Waals surface area (Å²) in [6, 6.07) is 9.89. The number of allylic oxidation sites excluding steroid dienone is 1. The number of hydrogen-bond acceptors (Lipinski definition) is 9. The maximum atomic E-state index is 14.1. The molecule has 0 saturated carbocycles. The lowest BCUT2D eigenvalue weighted by atomic mass is 9.94. The minimum Gasteiger partial charge on any atom is -0.493 e. The Morgan fingerprint density at radius 1 is 1.20 bits per heavy atom. The van der Waals surface area contributed by atoms with Crippen molar-refractivity contribution in [3.05, 3.63) is 83.0 Å². The summed E-state index contributed by atoms with van der Waals surface area (Å²) in [7, 11) is 3.05. The molecule has 11 heteroatoms. The number of hydrogen-bond donors (Lipinski definition) is 0. The van der Waals surface area contributed by atoms with E-state index in [0.29, 0.717) is 50.0 Å². The van der Waals surface area contributed by atoms with Crippen LogP contribution in [0.15, 0.2) is 61.9 Å². The summed E-state index contributed by atoms with van der Waals surface area (Å²) in [5.41, 5.74) is 1.52. The van der Waals surface area contributed by atoms with Crippen LogP contribution in [-0.4, -0.2) is 51.2 Å². The molecule has 1 atom stereocenters. The van der Waals surface area contributed by atoms with Gasteiger partial charge in [0.1, 0.15) is 25.0 Å². The lowest BCUT2D eigenvalue weighted by Crippen LogP contribution is -2.40. The third-order valence-corrected chi connectivity index (χ3v) is 7.62. The predicted octanol–water partition coefficient (Wildman–Crippen LogP) is 3.61. The number of benzene rings is 2. The van der Waals surface area contributed by atoms with E-state index in [1.807, 2.05) is 19.1 Å². The molecular weight excluding hydrogens is 612 g/mol. The number of ether oxygens (including phenoxy) is 5. The lowest BCUT2D eigenvalue weighted by Gasteiger charge is -2.27. The first kappa shape index (κ1) is 30.1. The zero-order valence-corrected chi connectivity index (χ0v) is 25.5. The smallest absolute Gasteiger partial charge is 0.338 e. The van der Waals surface area contributed by atoms with Gasteiger partial charge in [0.25, 0.3) is 5.56 Å². The zero-order valence-electron chi connectivity index (χ0n) is 23.1. The summed E-state index contributed by atoms with van der Waals surface area (Å²) >= 11 is 4.68. The molecule has 0 N–H and O–H groups in total. The fourth-order valence-corrected chi connectivity index (χ4v) is 5.82. The normalized spacial score (nSPS) is 14.6. The molecule has 2 aromatic carbocycles. The quantitative estimate of drug-likeness (QED) is 0.179. The number of nitrogens with zero attached hydrogens (tertiary/aromatic N) is 2. The number of methoxy groups -OCH3 is 2. The predicted molar refractivity (Wildman–Crippen MR) is 159 cm³/mol. The molecule has 3 aromatic rings. The largest absolute Gasteiger partial charge is 0.493 e. The summed E-state index contributed by atoms with van der Waals surface area (Å²) in [6.45, 7) is 4.26. The van der Waals surface area contributed by atoms with Gasteiger partial charge in [-0.05, 0) is 44.2 Å². The number of esters is 1. The Bertz CT molecular complexity index is 1700. The molecule has 0 aliphatic carbocycles. The van der Waals surface area contributed by atoms with E-state index in [9.17, 15) is 9.59 Å². The van der Waals surface area contributed by atoms with E-state index in [1.165, 1.54) is 30.1 Å². The van der Waals surface area contributed by atoms with Crippen LogP contribution in [0.3, 0.4) is 0 Å². The van der Waals surface area contributed by atoms with E-state index in [4.69, 9.17) is 30.1 Å². The first-order valence-corrected chi connectivity index (χ1v) is 14.3. The second-order valence-corrected chi connectivity index (χ2v) is 10.6. The SMILES string of the molecule is C#CCOc1ccc(Br)cc1/C=c1/sc2n(c1=O)[C@@H](c1cccc(OC)c1OCC)C(C(=O)OCCOC)=C(C)N=2. The summed E-state index contributed by atoms with van der Waals surface area (Å²) in [6.07, 6.45) is 7.11. The van der Waals surface area contributed by atoms with E-state index in [1.54, 1.807) is 37.3 Å². The van der Waals surface area contributed by atoms with Gasteiger partial charge in [-0.2, -0.15) is 0 Å². The number of thiazole rings is 1. The topological polar surface area (TPSA) is 97.6 Å². The summed E-state index contributed by atoms with van der Waals surface area (Å²) < 4.78 is 30.5. The first-order chi connectivity index (χ1) is 19.8. The van der Waals surface area contributed by atoms with Crippen LogP contribution in [0.25, 0.3) is 6.08 Å². The van der Waals surface area contributed by atoms with Gasteiger partial charge in [-0.1, -0.05) is 45.3 Å². The molecule has 0 radical (unpaired) electrons. The third-order valence-electron chi connectivity index (χ3n) is 6.14. The lowest BCUT2D eigenvalue weighted by molar-refractivity contribution is -0.140. The number of carbonyl (C=O) groups excluding carboxylic acids is 1. The van der Waals surface area contributed by atoms with Gasteiger partial charge in [-0.15, -0.1) is 6.42 Å². The molecule has 2 heterocycles. The number of terminal acetylenes is 1. The fourth-order valence-electron chi connectivity index (χ4n) is 4.40. The van der Waals surface area contributed by atoms with Crippen molar-refractivity contribution in [3.63, 3.8) is 0 Å². The summed E-state index contributed by atoms with van der Waals surface area (Å²) in [5.74, 6) is 3.27. The Labute approximate surface area is 249 Å². The van der Waals surface area contributed by atoms with Crippen molar-refractivity contribution in [1.29, 1.82) is 0 Å². The summed E-state index contributed by atoms with van der Waals surface area (Å²) in [4.78, 5) is 32.6. The van der Waals surface area contributed by atoms with Gasteiger partial charge in [0.2, 0.25) is 0 Å². The molecule has 0 amide bonds. The number of fused-ring (bicyclic) bond motifs is 1. The van der Waals surface area contributed by atoms with Crippen molar-refractivity contribution < 1.29 is 28.5 Å². The Balaban J connectivity index is 1.97.